The van der Waals surface area contributed by atoms with Crippen molar-refractivity contribution in [1.82, 2.24) is 4.98 Å². The Morgan fingerprint density at radius 3 is 2.40 bits per heavy atom. The first-order valence-electron chi connectivity index (χ1n) is 7.04. The van der Waals surface area contributed by atoms with Crippen molar-refractivity contribution < 1.29 is 14.3 Å². The maximum Gasteiger partial charge on any atom is 0.192 e. The molecule has 1 aromatic rings. The summed E-state index contributed by atoms with van der Waals surface area (Å²) in [6.45, 7) is 12.4. The molecule has 0 unspecified atom stereocenters. The SMILES string of the molecule is CC(C)(C)[Si](C)(C)OCc1ccc(C2(O)COC2)cn1. The van der Waals surface area contributed by atoms with Crippen molar-refractivity contribution in [2.75, 3.05) is 13.2 Å². The van der Waals surface area contributed by atoms with Gasteiger partial charge in [0, 0.05) is 11.8 Å². The summed E-state index contributed by atoms with van der Waals surface area (Å²) in [7, 11) is -1.74. The van der Waals surface area contributed by atoms with Crippen molar-refractivity contribution in [2.45, 2.75) is 51.1 Å². The van der Waals surface area contributed by atoms with Crippen LogP contribution in [0.25, 0.3) is 0 Å². The highest BCUT2D eigenvalue weighted by Crippen LogP contribution is 2.37. The summed E-state index contributed by atoms with van der Waals surface area (Å²) in [4.78, 5) is 4.39. The lowest BCUT2D eigenvalue weighted by Crippen LogP contribution is -2.46. The first kappa shape index (κ1) is 15.6. The Balaban J connectivity index is 1.98. The van der Waals surface area contributed by atoms with Gasteiger partial charge in [0.2, 0.25) is 0 Å². The van der Waals surface area contributed by atoms with Crippen molar-refractivity contribution in [3.05, 3.63) is 29.6 Å². The number of hydrogen-bond donors (Lipinski definition) is 1. The van der Waals surface area contributed by atoms with Gasteiger partial charge in [0.25, 0.3) is 0 Å². The first-order chi connectivity index (χ1) is 9.14. The normalized spacial score (nSPS) is 18.7. The van der Waals surface area contributed by atoms with E-state index in [1.165, 1.54) is 0 Å². The predicted octanol–water partition coefficient (Wildman–Crippen LogP) is 2.82. The van der Waals surface area contributed by atoms with Gasteiger partial charge in [-0.25, -0.2) is 0 Å². The van der Waals surface area contributed by atoms with Gasteiger partial charge >= 0.3 is 0 Å². The summed E-state index contributed by atoms with van der Waals surface area (Å²) in [5.74, 6) is 0. The Hall–Kier alpha value is -0.753. The van der Waals surface area contributed by atoms with Gasteiger partial charge in [-0.15, -0.1) is 0 Å². The molecule has 1 N–H and O–H groups in total. The molecule has 1 aliphatic rings. The Kier molecular flexibility index (Phi) is 4.08. The average Bonchev–Trinajstić information content (AvgIpc) is 2.33. The second-order valence-corrected chi connectivity index (χ2v) is 11.9. The molecule has 0 amide bonds. The van der Waals surface area contributed by atoms with Gasteiger partial charge in [0.1, 0.15) is 5.60 Å². The number of rotatable bonds is 4. The molecular weight excluding hydrogens is 270 g/mol. The van der Waals surface area contributed by atoms with E-state index < -0.39 is 13.9 Å². The van der Waals surface area contributed by atoms with Crippen molar-refractivity contribution >= 4 is 8.32 Å². The number of nitrogens with zero attached hydrogens (tertiary/aromatic N) is 1. The van der Waals surface area contributed by atoms with Gasteiger partial charge in [0.05, 0.1) is 25.5 Å². The molecule has 1 saturated heterocycles. The highest BCUT2D eigenvalue weighted by atomic mass is 28.4. The van der Waals surface area contributed by atoms with Crippen LogP contribution in [-0.4, -0.2) is 31.6 Å². The largest absolute Gasteiger partial charge is 0.411 e. The Bertz CT molecular complexity index is 461. The lowest BCUT2D eigenvalue weighted by Gasteiger charge is -2.37. The van der Waals surface area contributed by atoms with E-state index in [1.54, 1.807) is 6.20 Å². The van der Waals surface area contributed by atoms with Gasteiger partial charge in [0.15, 0.2) is 8.32 Å². The maximum absolute atomic E-state index is 10.1. The molecule has 0 saturated carbocycles. The van der Waals surface area contributed by atoms with E-state index >= 15 is 0 Å². The van der Waals surface area contributed by atoms with Gasteiger partial charge in [-0.05, 0) is 24.2 Å². The summed E-state index contributed by atoms with van der Waals surface area (Å²) >= 11 is 0. The molecule has 0 bridgehead atoms. The van der Waals surface area contributed by atoms with Crippen LogP contribution in [0.5, 0.6) is 0 Å². The number of aromatic nitrogens is 1. The molecule has 1 fully saturated rings. The second-order valence-electron chi connectivity index (χ2n) is 7.11. The fourth-order valence-corrected chi connectivity index (χ4v) is 2.66. The van der Waals surface area contributed by atoms with Gasteiger partial charge in [-0.3, -0.25) is 4.98 Å². The summed E-state index contributed by atoms with van der Waals surface area (Å²) in [6, 6.07) is 3.85. The van der Waals surface area contributed by atoms with Crippen LogP contribution in [0.4, 0.5) is 0 Å². The maximum atomic E-state index is 10.1. The summed E-state index contributed by atoms with van der Waals surface area (Å²) in [5.41, 5.74) is 0.883. The fraction of sp³-hybridized carbons (Fsp3) is 0.667. The smallest absolute Gasteiger partial charge is 0.192 e. The van der Waals surface area contributed by atoms with Crippen LogP contribution in [-0.2, 0) is 21.4 Å². The lowest BCUT2D eigenvalue weighted by molar-refractivity contribution is -0.184. The minimum absolute atomic E-state index is 0.200. The van der Waals surface area contributed by atoms with Gasteiger partial charge in [-0.1, -0.05) is 26.8 Å². The summed E-state index contributed by atoms with van der Waals surface area (Å²) in [5, 5.41) is 10.3. The standard InChI is InChI=1S/C15H25NO3Si/c1-14(2,3)20(4,5)19-9-13-7-6-12(8-16-13)15(17)10-18-11-15/h6-8,17H,9-11H2,1-5H3. The van der Waals surface area contributed by atoms with Crippen molar-refractivity contribution in [3.63, 3.8) is 0 Å². The van der Waals surface area contributed by atoms with E-state index in [9.17, 15) is 5.11 Å². The van der Waals surface area contributed by atoms with E-state index in [2.05, 4.69) is 38.8 Å². The zero-order chi connectivity index (χ0) is 15.0. The zero-order valence-corrected chi connectivity index (χ0v) is 14.1. The van der Waals surface area contributed by atoms with Crippen LogP contribution in [0.2, 0.25) is 18.1 Å². The van der Waals surface area contributed by atoms with Crippen LogP contribution in [0.1, 0.15) is 32.0 Å². The van der Waals surface area contributed by atoms with Gasteiger partial charge in [-0.2, -0.15) is 0 Å². The van der Waals surface area contributed by atoms with Crippen LogP contribution >= 0.6 is 0 Å². The Morgan fingerprint density at radius 2 is 2.00 bits per heavy atom. The highest BCUT2D eigenvalue weighted by molar-refractivity contribution is 6.74. The molecule has 0 spiro atoms. The quantitative estimate of drug-likeness (QED) is 0.868. The highest BCUT2D eigenvalue weighted by Gasteiger charge is 2.39. The molecule has 1 aromatic heterocycles. The molecule has 0 radical (unpaired) electrons. The summed E-state index contributed by atoms with van der Waals surface area (Å²) < 4.78 is 11.2. The Morgan fingerprint density at radius 1 is 1.35 bits per heavy atom. The van der Waals surface area contributed by atoms with Crippen molar-refractivity contribution in [1.29, 1.82) is 0 Å². The third-order valence-corrected chi connectivity index (χ3v) is 8.91. The minimum Gasteiger partial charge on any atom is -0.411 e. The van der Waals surface area contributed by atoms with Crippen LogP contribution < -0.4 is 0 Å². The van der Waals surface area contributed by atoms with Crippen LogP contribution in [0.3, 0.4) is 0 Å². The van der Waals surface area contributed by atoms with Crippen molar-refractivity contribution in [3.8, 4) is 0 Å². The minimum atomic E-state index is -1.74. The topological polar surface area (TPSA) is 51.6 Å². The van der Waals surface area contributed by atoms with Crippen molar-refractivity contribution in [2.24, 2.45) is 0 Å². The molecule has 1 aliphatic heterocycles. The van der Waals surface area contributed by atoms with E-state index in [0.29, 0.717) is 19.8 Å². The molecule has 2 heterocycles. The van der Waals surface area contributed by atoms with E-state index in [4.69, 9.17) is 9.16 Å². The molecule has 0 aliphatic carbocycles. The predicted molar refractivity (Wildman–Crippen MR) is 80.9 cm³/mol. The molecular formula is C15H25NO3Si. The third-order valence-electron chi connectivity index (χ3n) is 4.43. The number of ether oxygens (including phenoxy) is 1. The molecule has 4 nitrogen and oxygen atoms in total. The zero-order valence-electron chi connectivity index (χ0n) is 13.1. The summed E-state index contributed by atoms with van der Waals surface area (Å²) in [6.07, 6.45) is 1.73. The van der Waals surface area contributed by atoms with Gasteiger partial charge < -0.3 is 14.3 Å². The molecule has 20 heavy (non-hydrogen) atoms. The molecule has 2 rings (SSSR count). The number of hydrogen-bond acceptors (Lipinski definition) is 4. The lowest BCUT2D eigenvalue weighted by atomic mass is 9.93. The molecule has 5 heteroatoms. The molecule has 0 atom stereocenters. The van der Waals surface area contributed by atoms with Crippen LogP contribution in [0, 0.1) is 0 Å². The van der Waals surface area contributed by atoms with E-state index in [1.807, 2.05) is 12.1 Å². The fourth-order valence-electron chi connectivity index (χ4n) is 1.72. The molecule has 0 aromatic carbocycles. The van der Waals surface area contributed by atoms with E-state index in [0.717, 1.165) is 11.3 Å². The third kappa shape index (κ3) is 3.11. The van der Waals surface area contributed by atoms with Crippen LogP contribution in [0.15, 0.2) is 18.3 Å². The van der Waals surface area contributed by atoms with E-state index in [-0.39, 0.29) is 5.04 Å². The average molecular weight is 295 g/mol. The molecule has 112 valence electrons. The second kappa shape index (κ2) is 5.22. The number of pyridine rings is 1. The monoisotopic (exact) mass is 295 g/mol. The number of aliphatic hydroxyl groups is 1. The Labute approximate surface area is 122 Å². The first-order valence-corrected chi connectivity index (χ1v) is 9.94.